The highest BCUT2D eigenvalue weighted by Crippen LogP contribution is 2.30. The SMILES string of the molecule is CC(C)(C)OC(=O)C[C@](C)(N[S+]([O-])C(C)(C)C)c1cncc(Br)c1. The van der Waals surface area contributed by atoms with Gasteiger partial charge < -0.3 is 9.29 Å². The fourth-order valence-electron chi connectivity index (χ4n) is 1.93. The lowest BCUT2D eigenvalue weighted by molar-refractivity contribution is -0.156. The van der Waals surface area contributed by atoms with E-state index in [4.69, 9.17) is 4.74 Å². The fraction of sp³-hybridized carbons (Fsp3) is 0.647. The van der Waals surface area contributed by atoms with Crippen LogP contribution >= 0.6 is 15.9 Å². The summed E-state index contributed by atoms with van der Waals surface area (Å²) < 4.78 is 21.5. The van der Waals surface area contributed by atoms with Gasteiger partial charge >= 0.3 is 5.97 Å². The smallest absolute Gasteiger partial charge is 0.308 e. The molecule has 0 aliphatic carbocycles. The number of halogens is 1. The van der Waals surface area contributed by atoms with Crippen molar-refractivity contribution in [2.75, 3.05) is 0 Å². The zero-order valence-corrected chi connectivity index (χ0v) is 17.8. The van der Waals surface area contributed by atoms with Crippen molar-refractivity contribution in [2.24, 2.45) is 0 Å². The second kappa shape index (κ2) is 7.72. The zero-order valence-electron chi connectivity index (χ0n) is 15.4. The summed E-state index contributed by atoms with van der Waals surface area (Å²) >= 11 is 2.04. The van der Waals surface area contributed by atoms with E-state index in [1.165, 1.54) is 0 Å². The van der Waals surface area contributed by atoms with Crippen LogP contribution in [0.15, 0.2) is 22.9 Å². The van der Waals surface area contributed by atoms with Gasteiger partial charge in [-0.3, -0.25) is 9.78 Å². The highest BCUT2D eigenvalue weighted by atomic mass is 79.9. The largest absolute Gasteiger partial charge is 0.598 e. The van der Waals surface area contributed by atoms with Crippen LogP contribution in [-0.4, -0.2) is 25.9 Å². The molecule has 5 nitrogen and oxygen atoms in total. The van der Waals surface area contributed by atoms with Gasteiger partial charge in [-0.1, -0.05) is 0 Å². The number of carbonyl (C=O) groups is 1. The maximum Gasteiger partial charge on any atom is 0.308 e. The highest BCUT2D eigenvalue weighted by Gasteiger charge is 2.40. The Kier molecular flexibility index (Phi) is 6.89. The average molecular weight is 419 g/mol. The number of esters is 1. The van der Waals surface area contributed by atoms with Gasteiger partial charge in [-0.15, -0.1) is 4.72 Å². The second-order valence-electron chi connectivity index (χ2n) is 7.97. The quantitative estimate of drug-likeness (QED) is 0.580. The van der Waals surface area contributed by atoms with E-state index in [-0.39, 0.29) is 12.4 Å². The standard InChI is InChI=1S/C17H27BrN2O3S/c1-15(2,3)23-14(21)9-17(7,20-24(22)16(4,5)6)12-8-13(18)11-19-10-12/h8,10-11,20H,9H2,1-7H3/t17-,24?/m0/s1. The highest BCUT2D eigenvalue weighted by molar-refractivity contribution is 9.10. The van der Waals surface area contributed by atoms with Gasteiger partial charge in [0.25, 0.3) is 0 Å². The van der Waals surface area contributed by atoms with E-state index in [9.17, 15) is 9.35 Å². The van der Waals surface area contributed by atoms with Crippen molar-refractivity contribution in [3.63, 3.8) is 0 Å². The molecule has 0 amide bonds. The van der Waals surface area contributed by atoms with E-state index < -0.39 is 27.2 Å². The molecule has 0 aromatic carbocycles. The Hall–Kier alpha value is -0.630. The van der Waals surface area contributed by atoms with Gasteiger partial charge in [0, 0.05) is 28.2 Å². The number of aromatic nitrogens is 1. The van der Waals surface area contributed by atoms with Crippen LogP contribution in [0.2, 0.25) is 0 Å². The number of carbonyl (C=O) groups excluding carboxylic acids is 1. The van der Waals surface area contributed by atoms with E-state index >= 15 is 0 Å². The van der Waals surface area contributed by atoms with Gasteiger partial charge in [0.15, 0.2) is 0 Å². The van der Waals surface area contributed by atoms with Crippen LogP contribution in [0.3, 0.4) is 0 Å². The first-order chi connectivity index (χ1) is 10.7. The van der Waals surface area contributed by atoms with Crippen LogP contribution in [0.25, 0.3) is 0 Å². The van der Waals surface area contributed by atoms with Crippen molar-refractivity contribution >= 4 is 33.3 Å². The topological polar surface area (TPSA) is 74.3 Å². The minimum Gasteiger partial charge on any atom is -0.598 e. The van der Waals surface area contributed by atoms with Crippen molar-refractivity contribution in [3.8, 4) is 0 Å². The van der Waals surface area contributed by atoms with Gasteiger partial charge in [0.2, 0.25) is 0 Å². The Labute approximate surface area is 156 Å². The third-order valence-corrected chi connectivity index (χ3v) is 5.32. The molecule has 0 aliphatic heterocycles. The van der Waals surface area contributed by atoms with Crippen molar-refractivity contribution < 1.29 is 14.1 Å². The fourth-order valence-corrected chi connectivity index (χ4v) is 3.20. The molecule has 0 aliphatic rings. The Morgan fingerprint density at radius 2 is 1.83 bits per heavy atom. The van der Waals surface area contributed by atoms with Crippen LogP contribution < -0.4 is 4.72 Å². The Morgan fingerprint density at radius 3 is 2.29 bits per heavy atom. The number of hydrogen-bond donors (Lipinski definition) is 1. The molecule has 1 aromatic heterocycles. The summed E-state index contributed by atoms with van der Waals surface area (Å²) in [5.74, 6) is -0.358. The van der Waals surface area contributed by atoms with E-state index in [0.29, 0.717) is 0 Å². The molecule has 1 aromatic rings. The summed E-state index contributed by atoms with van der Waals surface area (Å²) in [6, 6.07) is 1.87. The first-order valence-corrected chi connectivity index (χ1v) is 9.70. The van der Waals surface area contributed by atoms with E-state index in [0.717, 1.165) is 10.0 Å². The molecule has 1 N–H and O–H groups in total. The molecular weight excluding hydrogens is 392 g/mol. The molecule has 1 heterocycles. The first-order valence-electron chi connectivity index (χ1n) is 7.75. The first kappa shape index (κ1) is 21.4. The normalized spacial score (nSPS) is 16.4. The summed E-state index contributed by atoms with van der Waals surface area (Å²) in [5, 5.41) is 0. The Morgan fingerprint density at radius 1 is 1.25 bits per heavy atom. The van der Waals surface area contributed by atoms with Crippen molar-refractivity contribution in [1.82, 2.24) is 9.71 Å². The van der Waals surface area contributed by atoms with Gasteiger partial charge in [0.1, 0.15) is 10.3 Å². The summed E-state index contributed by atoms with van der Waals surface area (Å²) in [7, 11) is 0. The van der Waals surface area contributed by atoms with Crippen LogP contribution in [0.1, 0.15) is 60.5 Å². The second-order valence-corrected chi connectivity index (χ2v) is 10.9. The molecule has 1 rings (SSSR count). The van der Waals surface area contributed by atoms with Gasteiger partial charge in [-0.25, -0.2) is 0 Å². The molecule has 0 bridgehead atoms. The third-order valence-electron chi connectivity index (χ3n) is 3.13. The molecule has 0 spiro atoms. The minimum absolute atomic E-state index is 0.0459. The molecule has 0 saturated heterocycles. The van der Waals surface area contributed by atoms with Gasteiger partial charge in [-0.05, 0) is 76.0 Å². The monoisotopic (exact) mass is 418 g/mol. The maximum absolute atomic E-state index is 12.6. The van der Waals surface area contributed by atoms with Gasteiger partial charge in [-0.2, -0.15) is 0 Å². The predicted octanol–water partition coefficient (Wildman–Crippen LogP) is 3.84. The van der Waals surface area contributed by atoms with Gasteiger partial charge in [0.05, 0.1) is 12.0 Å². The molecular formula is C17H27BrN2O3S. The van der Waals surface area contributed by atoms with Crippen molar-refractivity contribution in [2.45, 2.75) is 70.8 Å². The van der Waals surface area contributed by atoms with E-state index in [1.807, 2.05) is 54.5 Å². The summed E-state index contributed by atoms with van der Waals surface area (Å²) in [5.41, 5.74) is -0.672. The molecule has 24 heavy (non-hydrogen) atoms. The molecule has 2 atom stereocenters. The summed E-state index contributed by atoms with van der Waals surface area (Å²) in [4.78, 5) is 16.5. The third kappa shape index (κ3) is 6.70. The lowest BCUT2D eigenvalue weighted by atomic mass is 9.91. The molecule has 136 valence electrons. The van der Waals surface area contributed by atoms with E-state index in [1.54, 1.807) is 12.4 Å². The number of ether oxygens (including phenoxy) is 1. The number of hydrogen-bond acceptors (Lipinski definition) is 5. The molecule has 0 fully saturated rings. The molecule has 1 unspecified atom stereocenters. The van der Waals surface area contributed by atoms with Crippen molar-refractivity contribution in [3.05, 3.63) is 28.5 Å². The lowest BCUT2D eigenvalue weighted by Crippen LogP contribution is -2.51. The number of rotatable bonds is 5. The maximum atomic E-state index is 12.6. The number of nitrogens with zero attached hydrogens (tertiary/aromatic N) is 1. The van der Waals surface area contributed by atoms with Crippen LogP contribution in [0, 0.1) is 0 Å². The molecule has 0 saturated carbocycles. The van der Waals surface area contributed by atoms with Crippen LogP contribution in [0.4, 0.5) is 0 Å². The Bertz CT molecular complexity index is 584. The summed E-state index contributed by atoms with van der Waals surface area (Å²) in [6.45, 7) is 12.9. The zero-order chi connectivity index (χ0) is 18.8. The van der Waals surface area contributed by atoms with Crippen LogP contribution in [-0.2, 0) is 26.4 Å². The number of nitrogens with one attached hydrogen (secondary N) is 1. The van der Waals surface area contributed by atoms with Crippen molar-refractivity contribution in [1.29, 1.82) is 0 Å². The minimum atomic E-state index is -1.35. The average Bonchev–Trinajstić information content (AvgIpc) is 2.34. The van der Waals surface area contributed by atoms with E-state index in [2.05, 4.69) is 25.6 Å². The molecule has 7 heteroatoms. The predicted molar refractivity (Wildman–Crippen MR) is 101 cm³/mol. The number of pyridine rings is 1. The Balaban J connectivity index is 3.14. The lowest BCUT2D eigenvalue weighted by Gasteiger charge is -2.35. The molecule has 0 radical (unpaired) electrons. The van der Waals surface area contributed by atoms with Crippen LogP contribution in [0.5, 0.6) is 0 Å². The summed E-state index contributed by atoms with van der Waals surface area (Å²) in [6.07, 6.45) is 3.38.